The van der Waals surface area contributed by atoms with Crippen LogP contribution in [0.3, 0.4) is 0 Å². The summed E-state index contributed by atoms with van der Waals surface area (Å²) in [4.78, 5) is 17.5. The third kappa shape index (κ3) is 6.32. The zero-order valence-electron chi connectivity index (χ0n) is 17.5. The maximum Gasteiger partial charge on any atom is 0.227 e. The van der Waals surface area contributed by atoms with Crippen LogP contribution in [0.5, 0.6) is 11.5 Å². The number of thiophene rings is 1. The number of carbonyl (C=O) groups is 1. The van der Waals surface area contributed by atoms with E-state index in [0.29, 0.717) is 48.7 Å². The smallest absolute Gasteiger partial charge is 0.227 e. The first-order valence-electron chi connectivity index (χ1n) is 9.98. The summed E-state index contributed by atoms with van der Waals surface area (Å²) in [6.45, 7) is 5.38. The van der Waals surface area contributed by atoms with Gasteiger partial charge in [0.15, 0.2) is 11.5 Å². The van der Waals surface area contributed by atoms with Crippen molar-refractivity contribution in [3.05, 3.63) is 47.2 Å². The monoisotopic (exact) mass is 429 g/mol. The number of hydrogen-bond acceptors (Lipinski definition) is 7. The van der Waals surface area contributed by atoms with Gasteiger partial charge in [-0.15, -0.1) is 11.3 Å². The Balaban J connectivity index is 1.46. The third-order valence-electron chi connectivity index (χ3n) is 4.45. The lowest BCUT2D eigenvalue weighted by Gasteiger charge is -2.13. The van der Waals surface area contributed by atoms with Crippen molar-refractivity contribution in [2.24, 2.45) is 5.92 Å². The number of rotatable bonds is 11. The molecule has 0 atom stereocenters. The predicted octanol–water partition coefficient (Wildman–Crippen LogP) is 4.48. The summed E-state index contributed by atoms with van der Waals surface area (Å²) in [5.74, 6) is 2.90. The van der Waals surface area contributed by atoms with E-state index in [1.54, 1.807) is 18.4 Å². The largest absolute Gasteiger partial charge is 0.493 e. The SMILES string of the molecule is COc1cc(CNC(=O)CCc2nc(-c3cccs3)no2)ccc1OCCC(C)C. The van der Waals surface area contributed by atoms with E-state index < -0.39 is 0 Å². The molecule has 3 aromatic rings. The van der Waals surface area contributed by atoms with Gasteiger partial charge in [0.05, 0.1) is 18.6 Å². The van der Waals surface area contributed by atoms with Crippen molar-refractivity contribution in [2.45, 2.75) is 39.7 Å². The third-order valence-corrected chi connectivity index (χ3v) is 5.31. The van der Waals surface area contributed by atoms with Gasteiger partial charge in [0.2, 0.25) is 17.6 Å². The average molecular weight is 430 g/mol. The van der Waals surface area contributed by atoms with Crippen LogP contribution in [-0.2, 0) is 17.8 Å². The van der Waals surface area contributed by atoms with Crippen molar-refractivity contribution >= 4 is 17.2 Å². The van der Waals surface area contributed by atoms with Crippen molar-refractivity contribution in [3.8, 4) is 22.2 Å². The molecule has 0 fully saturated rings. The molecule has 7 nitrogen and oxygen atoms in total. The Morgan fingerprint density at radius 3 is 2.87 bits per heavy atom. The maximum atomic E-state index is 12.2. The molecule has 0 aliphatic carbocycles. The van der Waals surface area contributed by atoms with Crippen LogP contribution in [0.1, 0.15) is 38.1 Å². The van der Waals surface area contributed by atoms with Gasteiger partial charge in [-0.1, -0.05) is 31.1 Å². The second-order valence-corrected chi connectivity index (χ2v) is 8.23. The number of hydrogen-bond donors (Lipinski definition) is 1. The first-order chi connectivity index (χ1) is 14.5. The summed E-state index contributed by atoms with van der Waals surface area (Å²) in [5, 5.41) is 8.82. The molecule has 0 saturated carbocycles. The Bertz CT molecular complexity index is 938. The van der Waals surface area contributed by atoms with Gasteiger partial charge in [0, 0.05) is 19.4 Å². The number of amides is 1. The highest BCUT2D eigenvalue weighted by Gasteiger charge is 2.12. The first-order valence-corrected chi connectivity index (χ1v) is 10.9. The molecule has 0 saturated heterocycles. The fraction of sp³-hybridized carbons (Fsp3) is 0.409. The van der Waals surface area contributed by atoms with Crippen molar-refractivity contribution in [3.63, 3.8) is 0 Å². The van der Waals surface area contributed by atoms with Crippen molar-refractivity contribution in [1.29, 1.82) is 0 Å². The maximum absolute atomic E-state index is 12.2. The van der Waals surface area contributed by atoms with E-state index in [9.17, 15) is 4.79 Å². The van der Waals surface area contributed by atoms with Crippen molar-refractivity contribution < 1.29 is 18.8 Å². The fourth-order valence-electron chi connectivity index (χ4n) is 2.72. The number of aryl methyl sites for hydroxylation is 1. The molecule has 2 heterocycles. The van der Waals surface area contributed by atoms with E-state index in [4.69, 9.17) is 14.0 Å². The highest BCUT2D eigenvalue weighted by atomic mass is 32.1. The number of ether oxygens (including phenoxy) is 2. The Morgan fingerprint density at radius 2 is 2.13 bits per heavy atom. The van der Waals surface area contributed by atoms with Crippen LogP contribution in [-0.4, -0.2) is 29.8 Å². The molecule has 0 aliphatic rings. The second-order valence-electron chi connectivity index (χ2n) is 7.28. The topological polar surface area (TPSA) is 86.5 Å². The van der Waals surface area contributed by atoms with Gasteiger partial charge < -0.3 is 19.3 Å². The molecule has 0 spiro atoms. The molecular weight excluding hydrogens is 402 g/mol. The summed E-state index contributed by atoms with van der Waals surface area (Å²) in [6, 6.07) is 9.56. The summed E-state index contributed by atoms with van der Waals surface area (Å²) in [6.07, 6.45) is 1.66. The lowest BCUT2D eigenvalue weighted by atomic mass is 10.1. The minimum atomic E-state index is -0.0814. The Kier molecular flexibility index (Phi) is 7.84. The molecule has 8 heteroatoms. The van der Waals surface area contributed by atoms with Crippen LogP contribution in [0.2, 0.25) is 0 Å². The molecule has 0 radical (unpaired) electrons. The van der Waals surface area contributed by atoms with Crippen LogP contribution in [0.15, 0.2) is 40.2 Å². The molecule has 1 aromatic carbocycles. The summed E-state index contributed by atoms with van der Waals surface area (Å²) in [7, 11) is 1.61. The Labute approximate surface area is 180 Å². The lowest BCUT2D eigenvalue weighted by Crippen LogP contribution is -2.23. The normalized spacial score (nSPS) is 10.9. The van der Waals surface area contributed by atoms with Crippen LogP contribution in [0.4, 0.5) is 0 Å². The number of methoxy groups -OCH3 is 1. The first kappa shape index (κ1) is 21.8. The van der Waals surface area contributed by atoms with Gasteiger partial charge in [0.1, 0.15) is 0 Å². The Hall–Kier alpha value is -2.87. The van der Waals surface area contributed by atoms with E-state index in [2.05, 4.69) is 29.3 Å². The zero-order chi connectivity index (χ0) is 21.3. The molecule has 3 rings (SSSR count). The van der Waals surface area contributed by atoms with E-state index in [1.165, 1.54) is 0 Å². The molecule has 1 N–H and O–H groups in total. The number of benzene rings is 1. The van der Waals surface area contributed by atoms with Crippen molar-refractivity contribution in [2.75, 3.05) is 13.7 Å². The molecule has 1 amide bonds. The quantitative estimate of drug-likeness (QED) is 0.484. The van der Waals surface area contributed by atoms with Crippen LogP contribution < -0.4 is 14.8 Å². The van der Waals surface area contributed by atoms with Crippen molar-refractivity contribution in [1.82, 2.24) is 15.5 Å². The summed E-state index contributed by atoms with van der Waals surface area (Å²) in [5.41, 5.74) is 0.939. The summed E-state index contributed by atoms with van der Waals surface area (Å²) < 4.78 is 16.5. The van der Waals surface area contributed by atoms with Gasteiger partial charge in [0.25, 0.3) is 0 Å². The zero-order valence-corrected chi connectivity index (χ0v) is 18.3. The standard InChI is InChI=1S/C22H27N3O4S/c1-15(2)10-11-28-17-7-6-16(13-18(17)27-3)14-23-20(26)8-9-21-24-22(25-29-21)19-5-4-12-30-19/h4-7,12-13,15H,8-11,14H2,1-3H3,(H,23,26). The van der Waals surface area contributed by atoms with Crippen LogP contribution in [0.25, 0.3) is 10.7 Å². The summed E-state index contributed by atoms with van der Waals surface area (Å²) >= 11 is 1.55. The molecular formula is C22H27N3O4S. The van der Waals surface area contributed by atoms with E-state index in [-0.39, 0.29) is 12.3 Å². The number of carbonyl (C=O) groups excluding carboxylic acids is 1. The van der Waals surface area contributed by atoms with Gasteiger partial charge in [-0.2, -0.15) is 4.98 Å². The van der Waals surface area contributed by atoms with Gasteiger partial charge in [-0.05, 0) is 41.5 Å². The second kappa shape index (κ2) is 10.8. The lowest BCUT2D eigenvalue weighted by molar-refractivity contribution is -0.121. The molecule has 30 heavy (non-hydrogen) atoms. The number of nitrogens with one attached hydrogen (secondary N) is 1. The molecule has 160 valence electrons. The highest BCUT2D eigenvalue weighted by Crippen LogP contribution is 2.28. The molecule has 0 bridgehead atoms. The Morgan fingerprint density at radius 1 is 1.27 bits per heavy atom. The predicted molar refractivity (Wildman–Crippen MR) is 116 cm³/mol. The number of aromatic nitrogens is 2. The minimum absolute atomic E-state index is 0.0814. The van der Waals surface area contributed by atoms with Crippen LogP contribution >= 0.6 is 11.3 Å². The van der Waals surface area contributed by atoms with Crippen LogP contribution in [0, 0.1) is 5.92 Å². The fourth-order valence-corrected chi connectivity index (χ4v) is 3.37. The molecule has 0 aliphatic heterocycles. The van der Waals surface area contributed by atoms with E-state index in [1.807, 2.05) is 35.7 Å². The van der Waals surface area contributed by atoms with Gasteiger partial charge in [-0.3, -0.25) is 4.79 Å². The highest BCUT2D eigenvalue weighted by molar-refractivity contribution is 7.13. The van der Waals surface area contributed by atoms with Gasteiger partial charge in [-0.25, -0.2) is 0 Å². The molecule has 0 unspecified atom stereocenters. The number of nitrogens with zero attached hydrogens (tertiary/aromatic N) is 2. The molecule has 2 aromatic heterocycles. The van der Waals surface area contributed by atoms with E-state index in [0.717, 1.165) is 16.9 Å². The average Bonchev–Trinajstić information content (AvgIpc) is 3.42. The minimum Gasteiger partial charge on any atom is -0.493 e. The van der Waals surface area contributed by atoms with E-state index >= 15 is 0 Å². The van der Waals surface area contributed by atoms with Gasteiger partial charge >= 0.3 is 0 Å².